The second-order valence-electron chi connectivity index (χ2n) is 17.1. The predicted molar refractivity (Wildman–Crippen MR) is 228 cm³/mol. The lowest BCUT2D eigenvalue weighted by atomic mass is 9.78. The van der Waals surface area contributed by atoms with Crippen LogP contribution in [0.3, 0.4) is 0 Å². The number of hydrogen-bond acceptors (Lipinski definition) is 13. The molecule has 2 amide bonds. The van der Waals surface area contributed by atoms with Crippen LogP contribution in [0.25, 0.3) is 16.9 Å². The van der Waals surface area contributed by atoms with Crippen LogP contribution in [0.4, 0.5) is 18.0 Å². The highest BCUT2D eigenvalue weighted by Gasteiger charge is 2.48. The van der Waals surface area contributed by atoms with Gasteiger partial charge in [0.05, 0.1) is 46.5 Å². The van der Waals surface area contributed by atoms with E-state index in [0.29, 0.717) is 5.56 Å². The number of sulfonamides is 1. The molecule has 0 spiro atoms. The Kier molecular flexibility index (Phi) is 17.2. The maximum absolute atomic E-state index is 13.6. The molecule has 4 rings (SSSR count). The standard InChI is InChI=1S/C43H61F3N6O11S/c1-9-34-42(8,59)38(28(6)49-22-25(3)21-41(7,58)37(55)26(4)36(54)27(5)39(56)62-34)63-40(57)48-19-18-47-35(53)23-50-64(60,61)31-16-14-30(15-17-31)52-32(20-33(51-52)43(44,45)46)29-12-10-24(2)11-13-29/h10-17,20,25-28,34,36-38,49-50,54-55,58-59H,9,18-19,21-23H2,1-8H3,(H,47,53)(H,48,57)/t25-,26+,27-,28-,34-,36+,37-,38?,41-,42-/m1/s1. The first kappa shape index (κ1) is 52.0. The van der Waals surface area contributed by atoms with Crippen molar-refractivity contribution in [2.75, 3.05) is 26.2 Å². The SMILES string of the molecule is CC[C@H]1OC(=O)[C@H](C)[C@@H](O)[C@H](C)[C@@H](O)[C@](C)(O)C[C@@H](C)CN[C@H](C)C(OC(=O)NCCNC(=O)CNS(=O)(=O)c2ccc(-n3nc(C(F)(F)F)cc3-c3ccc(C)cc3)cc2)[C@]1(C)O. The number of benzene rings is 2. The van der Waals surface area contributed by atoms with Crippen molar-refractivity contribution in [2.45, 2.75) is 121 Å². The molecule has 0 aliphatic carbocycles. The number of aliphatic hydroxyl groups is 4. The predicted octanol–water partition coefficient (Wildman–Crippen LogP) is 3.19. The number of halogens is 3. The average Bonchev–Trinajstić information content (AvgIpc) is 3.70. The summed E-state index contributed by atoms with van der Waals surface area (Å²) < 4.78 is 81.6. The molecule has 21 heteroatoms. The molecule has 356 valence electrons. The number of ether oxygens (including phenoxy) is 2. The number of nitrogens with one attached hydrogen (secondary N) is 4. The third-order valence-corrected chi connectivity index (χ3v) is 12.9. The van der Waals surface area contributed by atoms with Crippen molar-refractivity contribution >= 4 is 28.0 Å². The minimum absolute atomic E-state index is 0.0763. The highest BCUT2D eigenvalue weighted by atomic mass is 32.2. The fraction of sp³-hybridized carbons (Fsp3) is 0.581. The second-order valence-corrected chi connectivity index (χ2v) is 18.9. The third-order valence-electron chi connectivity index (χ3n) is 11.5. The summed E-state index contributed by atoms with van der Waals surface area (Å²) in [5.41, 5.74) is -3.14. The van der Waals surface area contributed by atoms with Crippen LogP contribution in [0.15, 0.2) is 59.5 Å². The van der Waals surface area contributed by atoms with Crippen LogP contribution in [0.2, 0.25) is 0 Å². The summed E-state index contributed by atoms with van der Waals surface area (Å²) in [6.07, 6.45) is -11.0. The molecule has 0 bridgehead atoms. The summed E-state index contributed by atoms with van der Waals surface area (Å²) in [5, 5.41) is 56.9. The Hall–Kier alpha value is -4.64. The number of carbonyl (C=O) groups excluding carboxylic acids is 3. The van der Waals surface area contributed by atoms with Crippen molar-refractivity contribution in [3.05, 3.63) is 65.9 Å². The zero-order chi connectivity index (χ0) is 47.9. The monoisotopic (exact) mass is 926 g/mol. The Morgan fingerprint density at radius 3 is 2.20 bits per heavy atom. The normalized spacial score (nSPS) is 28.9. The molecule has 1 fully saturated rings. The van der Waals surface area contributed by atoms with Crippen molar-refractivity contribution in [1.82, 2.24) is 30.5 Å². The van der Waals surface area contributed by atoms with Gasteiger partial charge in [0.15, 0.2) is 11.8 Å². The zero-order valence-corrected chi connectivity index (χ0v) is 38.0. The molecule has 0 radical (unpaired) electrons. The second kappa shape index (κ2) is 21.1. The molecule has 3 aromatic rings. The number of hydrogen-bond donors (Lipinski definition) is 8. The lowest BCUT2D eigenvalue weighted by molar-refractivity contribution is -0.190. The van der Waals surface area contributed by atoms with Crippen molar-refractivity contribution in [3.63, 3.8) is 0 Å². The Balaban J connectivity index is 1.36. The van der Waals surface area contributed by atoms with Crippen LogP contribution in [0, 0.1) is 24.7 Å². The van der Waals surface area contributed by atoms with E-state index in [1.165, 1.54) is 39.8 Å². The first-order chi connectivity index (χ1) is 29.7. The van der Waals surface area contributed by atoms with Gasteiger partial charge < -0.3 is 45.9 Å². The summed E-state index contributed by atoms with van der Waals surface area (Å²) >= 11 is 0. The molecule has 10 atom stereocenters. The van der Waals surface area contributed by atoms with Crippen LogP contribution in [-0.2, 0) is 35.3 Å². The molecule has 17 nitrogen and oxygen atoms in total. The molecule has 1 aliphatic heterocycles. The van der Waals surface area contributed by atoms with Crippen molar-refractivity contribution in [3.8, 4) is 16.9 Å². The molecule has 1 unspecified atom stereocenters. The van der Waals surface area contributed by atoms with Gasteiger partial charge in [0.1, 0.15) is 11.7 Å². The van der Waals surface area contributed by atoms with Crippen LogP contribution < -0.4 is 20.7 Å². The number of aliphatic hydroxyl groups excluding tert-OH is 2. The Labute approximate surface area is 371 Å². The fourth-order valence-corrected chi connectivity index (χ4v) is 8.74. The number of rotatable bonds is 11. The lowest BCUT2D eigenvalue weighted by Crippen LogP contribution is -2.61. The van der Waals surface area contributed by atoms with E-state index in [-0.39, 0.29) is 54.7 Å². The van der Waals surface area contributed by atoms with E-state index >= 15 is 0 Å². The number of amides is 2. The highest BCUT2D eigenvalue weighted by molar-refractivity contribution is 7.89. The number of esters is 1. The van der Waals surface area contributed by atoms with Gasteiger partial charge in [-0.25, -0.2) is 22.6 Å². The van der Waals surface area contributed by atoms with Crippen LogP contribution >= 0.6 is 0 Å². The number of alkyl halides is 3. The molecular formula is C43H61F3N6O11S. The zero-order valence-electron chi connectivity index (χ0n) is 37.1. The van der Waals surface area contributed by atoms with Crippen molar-refractivity contribution in [1.29, 1.82) is 0 Å². The van der Waals surface area contributed by atoms with Crippen LogP contribution in [0.5, 0.6) is 0 Å². The quantitative estimate of drug-likeness (QED) is 0.102. The minimum atomic E-state index is -4.73. The van der Waals surface area contributed by atoms with Gasteiger partial charge in [0, 0.05) is 30.6 Å². The van der Waals surface area contributed by atoms with Gasteiger partial charge in [-0.15, -0.1) is 0 Å². The van der Waals surface area contributed by atoms with Gasteiger partial charge in [-0.2, -0.15) is 18.3 Å². The number of carbonyl (C=O) groups is 3. The van der Waals surface area contributed by atoms with E-state index in [4.69, 9.17) is 9.47 Å². The Morgan fingerprint density at radius 2 is 1.61 bits per heavy atom. The molecule has 8 N–H and O–H groups in total. The smallest absolute Gasteiger partial charge is 0.435 e. The number of aryl methyl sites for hydroxylation is 1. The molecular weight excluding hydrogens is 866 g/mol. The summed E-state index contributed by atoms with van der Waals surface area (Å²) in [6, 6.07) is 11.8. The molecule has 64 heavy (non-hydrogen) atoms. The lowest BCUT2D eigenvalue weighted by Gasteiger charge is -2.41. The first-order valence-corrected chi connectivity index (χ1v) is 22.5. The first-order valence-electron chi connectivity index (χ1n) is 21.0. The van der Waals surface area contributed by atoms with Gasteiger partial charge in [0.25, 0.3) is 0 Å². The number of aromatic nitrogens is 2. The van der Waals surface area contributed by atoms with Crippen LogP contribution in [0.1, 0.15) is 72.6 Å². The van der Waals surface area contributed by atoms with Gasteiger partial charge in [-0.05, 0) is 90.3 Å². The van der Waals surface area contributed by atoms with Gasteiger partial charge in [-0.3, -0.25) is 9.59 Å². The van der Waals surface area contributed by atoms with E-state index in [0.717, 1.165) is 28.4 Å². The molecule has 2 aromatic carbocycles. The Bertz CT molecular complexity index is 2170. The number of cyclic esters (lactones) is 1. The fourth-order valence-electron chi connectivity index (χ4n) is 7.76. The summed E-state index contributed by atoms with van der Waals surface area (Å²) in [4.78, 5) is 38.7. The minimum Gasteiger partial charge on any atom is -0.459 e. The van der Waals surface area contributed by atoms with Gasteiger partial charge >= 0.3 is 18.2 Å². The maximum Gasteiger partial charge on any atom is 0.435 e. The van der Waals surface area contributed by atoms with E-state index in [1.807, 2.05) is 13.8 Å². The third kappa shape index (κ3) is 13.0. The number of nitrogens with zero attached hydrogens (tertiary/aromatic N) is 2. The van der Waals surface area contributed by atoms with Gasteiger partial charge in [0.2, 0.25) is 15.9 Å². The number of alkyl carbamates (subject to hydrolysis) is 1. The van der Waals surface area contributed by atoms with E-state index in [1.54, 1.807) is 38.1 Å². The largest absolute Gasteiger partial charge is 0.459 e. The molecule has 1 saturated heterocycles. The van der Waals surface area contributed by atoms with Gasteiger partial charge in [-0.1, -0.05) is 50.6 Å². The Morgan fingerprint density at radius 1 is 1.00 bits per heavy atom. The molecule has 2 heterocycles. The molecule has 0 saturated carbocycles. The molecule has 1 aromatic heterocycles. The van der Waals surface area contributed by atoms with E-state index in [9.17, 15) is 56.4 Å². The van der Waals surface area contributed by atoms with Crippen molar-refractivity contribution < 1.29 is 65.9 Å². The van der Waals surface area contributed by atoms with E-state index < -0.39 is 99.9 Å². The van der Waals surface area contributed by atoms with E-state index in [2.05, 4.69) is 25.8 Å². The summed E-state index contributed by atoms with van der Waals surface area (Å²) in [7, 11) is -4.27. The summed E-state index contributed by atoms with van der Waals surface area (Å²) in [6.45, 7) is 11.8. The maximum atomic E-state index is 13.6. The highest BCUT2D eigenvalue weighted by Crippen LogP contribution is 2.35. The molecule has 1 aliphatic rings. The van der Waals surface area contributed by atoms with Crippen LogP contribution in [-0.4, -0.2) is 124 Å². The van der Waals surface area contributed by atoms with Crippen molar-refractivity contribution in [2.24, 2.45) is 17.8 Å². The topological polar surface area (TPSA) is 251 Å². The summed E-state index contributed by atoms with van der Waals surface area (Å²) in [5.74, 6) is -4.02. The average molecular weight is 927 g/mol.